The molecule has 1 aromatic heterocycles. The maximum absolute atomic E-state index is 12.4. The van der Waals surface area contributed by atoms with Crippen LogP contribution in [0.3, 0.4) is 0 Å². The molecule has 0 N–H and O–H groups in total. The standard InChI is InChI=1S/C19H24N4O2S/c1-22(14-16-5-3-2-4-6-16)18(24)8-7-15-9-11-23(12-10-15)19(25)17-13-20-26-21-17/h2-6,13,15H,7-12,14H2,1H3. The Morgan fingerprint density at radius 2 is 1.96 bits per heavy atom. The minimum absolute atomic E-state index is 0.0316. The van der Waals surface area contributed by atoms with E-state index in [1.165, 1.54) is 6.20 Å². The van der Waals surface area contributed by atoms with Crippen molar-refractivity contribution >= 4 is 23.5 Å². The van der Waals surface area contributed by atoms with Crippen LogP contribution in [0, 0.1) is 5.92 Å². The molecule has 0 atom stereocenters. The van der Waals surface area contributed by atoms with Crippen LogP contribution in [0.4, 0.5) is 0 Å². The molecule has 1 saturated heterocycles. The molecule has 0 spiro atoms. The van der Waals surface area contributed by atoms with Gasteiger partial charge in [0.2, 0.25) is 5.91 Å². The van der Waals surface area contributed by atoms with Crippen molar-refractivity contribution in [2.24, 2.45) is 5.92 Å². The van der Waals surface area contributed by atoms with Crippen LogP contribution in [-0.4, -0.2) is 50.5 Å². The summed E-state index contributed by atoms with van der Waals surface area (Å²) in [6.45, 7) is 2.11. The third-order valence-corrected chi connectivity index (χ3v) is 5.41. The molecule has 1 aromatic carbocycles. The molecule has 0 saturated carbocycles. The van der Waals surface area contributed by atoms with Gasteiger partial charge in [-0.1, -0.05) is 30.3 Å². The summed E-state index contributed by atoms with van der Waals surface area (Å²) in [7, 11) is 1.86. The van der Waals surface area contributed by atoms with Crippen molar-refractivity contribution in [2.45, 2.75) is 32.2 Å². The zero-order valence-corrected chi connectivity index (χ0v) is 15.8. The van der Waals surface area contributed by atoms with E-state index in [0.717, 1.165) is 49.6 Å². The second-order valence-electron chi connectivity index (χ2n) is 6.80. The lowest BCUT2D eigenvalue weighted by Gasteiger charge is -2.31. The van der Waals surface area contributed by atoms with E-state index in [0.29, 0.717) is 24.6 Å². The molecule has 0 bridgehead atoms. The molecular weight excluding hydrogens is 348 g/mol. The Morgan fingerprint density at radius 3 is 2.62 bits per heavy atom. The van der Waals surface area contributed by atoms with Gasteiger partial charge in [-0.2, -0.15) is 8.75 Å². The normalized spacial score (nSPS) is 15.0. The second-order valence-corrected chi connectivity index (χ2v) is 7.36. The van der Waals surface area contributed by atoms with Gasteiger partial charge in [-0.15, -0.1) is 0 Å². The number of benzene rings is 1. The van der Waals surface area contributed by atoms with E-state index in [4.69, 9.17) is 0 Å². The number of amides is 2. The SMILES string of the molecule is CN(Cc1ccccc1)C(=O)CCC1CCN(C(=O)c2cnsn2)CC1. The van der Waals surface area contributed by atoms with Crippen LogP contribution in [0.1, 0.15) is 41.7 Å². The van der Waals surface area contributed by atoms with Crippen LogP contribution in [0.5, 0.6) is 0 Å². The topological polar surface area (TPSA) is 66.4 Å². The monoisotopic (exact) mass is 372 g/mol. The van der Waals surface area contributed by atoms with Crippen LogP contribution in [-0.2, 0) is 11.3 Å². The maximum atomic E-state index is 12.4. The van der Waals surface area contributed by atoms with Gasteiger partial charge in [-0.3, -0.25) is 9.59 Å². The number of aromatic nitrogens is 2. The summed E-state index contributed by atoms with van der Waals surface area (Å²) >= 11 is 1.06. The number of nitrogens with zero attached hydrogens (tertiary/aromatic N) is 4. The summed E-state index contributed by atoms with van der Waals surface area (Å²) in [5, 5.41) is 0. The smallest absolute Gasteiger partial charge is 0.275 e. The van der Waals surface area contributed by atoms with Gasteiger partial charge >= 0.3 is 0 Å². The summed E-state index contributed by atoms with van der Waals surface area (Å²) in [6.07, 6.45) is 4.87. The van der Waals surface area contributed by atoms with Crippen molar-refractivity contribution in [1.29, 1.82) is 0 Å². The minimum atomic E-state index is -0.0316. The van der Waals surface area contributed by atoms with Gasteiger partial charge in [-0.05, 0) is 30.7 Å². The first-order valence-corrected chi connectivity index (χ1v) is 9.71. The number of hydrogen-bond donors (Lipinski definition) is 0. The Labute approximate surface area is 158 Å². The maximum Gasteiger partial charge on any atom is 0.275 e. The number of rotatable bonds is 6. The predicted molar refractivity (Wildman–Crippen MR) is 101 cm³/mol. The van der Waals surface area contributed by atoms with Crippen molar-refractivity contribution in [1.82, 2.24) is 18.5 Å². The number of carbonyl (C=O) groups excluding carboxylic acids is 2. The highest BCUT2D eigenvalue weighted by Gasteiger charge is 2.25. The van der Waals surface area contributed by atoms with Crippen molar-refractivity contribution in [2.75, 3.05) is 20.1 Å². The molecule has 138 valence electrons. The first-order valence-electron chi connectivity index (χ1n) is 8.98. The summed E-state index contributed by atoms with van der Waals surface area (Å²) < 4.78 is 7.90. The van der Waals surface area contributed by atoms with Crippen LogP contribution in [0.2, 0.25) is 0 Å². The van der Waals surface area contributed by atoms with E-state index in [1.54, 1.807) is 4.90 Å². The van der Waals surface area contributed by atoms with Crippen molar-refractivity contribution in [3.05, 3.63) is 47.8 Å². The highest BCUT2D eigenvalue weighted by molar-refractivity contribution is 6.99. The quantitative estimate of drug-likeness (QED) is 0.782. The van der Waals surface area contributed by atoms with Gasteiger partial charge in [0.05, 0.1) is 17.9 Å². The van der Waals surface area contributed by atoms with E-state index < -0.39 is 0 Å². The molecule has 0 unspecified atom stereocenters. The van der Waals surface area contributed by atoms with Gasteiger partial charge in [0.1, 0.15) is 0 Å². The minimum Gasteiger partial charge on any atom is -0.341 e. The van der Waals surface area contributed by atoms with Gasteiger partial charge in [-0.25, -0.2) is 0 Å². The highest BCUT2D eigenvalue weighted by Crippen LogP contribution is 2.23. The van der Waals surface area contributed by atoms with E-state index in [-0.39, 0.29) is 11.8 Å². The fourth-order valence-electron chi connectivity index (χ4n) is 3.31. The van der Waals surface area contributed by atoms with Gasteiger partial charge < -0.3 is 9.80 Å². The molecule has 0 aliphatic carbocycles. The Hall–Kier alpha value is -2.28. The Balaban J connectivity index is 1.39. The molecule has 2 amide bonds. The Kier molecular flexibility index (Phi) is 6.33. The zero-order valence-electron chi connectivity index (χ0n) is 15.0. The van der Waals surface area contributed by atoms with Crippen molar-refractivity contribution in [3.63, 3.8) is 0 Å². The molecule has 7 heteroatoms. The van der Waals surface area contributed by atoms with E-state index in [9.17, 15) is 9.59 Å². The fraction of sp³-hybridized carbons (Fsp3) is 0.474. The lowest BCUT2D eigenvalue weighted by molar-refractivity contribution is -0.130. The van der Waals surface area contributed by atoms with E-state index >= 15 is 0 Å². The molecule has 1 aliphatic heterocycles. The van der Waals surface area contributed by atoms with E-state index in [2.05, 4.69) is 8.75 Å². The van der Waals surface area contributed by atoms with Crippen LogP contribution in [0.15, 0.2) is 36.5 Å². The molecular formula is C19H24N4O2S. The molecule has 3 rings (SSSR count). The zero-order chi connectivity index (χ0) is 18.4. The Bertz CT molecular complexity index is 712. The van der Waals surface area contributed by atoms with Crippen LogP contribution < -0.4 is 0 Å². The summed E-state index contributed by atoms with van der Waals surface area (Å²) in [5.74, 6) is 0.651. The van der Waals surface area contributed by atoms with Gasteiger partial charge in [0.15, 0.2) is 5.69 Å². The summed E-state index contributed by atoms with van der Waals surface area (Å²) in [6, 6.07) is 10.0. The molecule has 1 aliphatic rings. The molecule has 26 heavy (non-hydrogen) atoms. The number of hydrogen-bond acceptors (Lipinski definition) is 5. The number of likely N-dealkylation sites (tertiary alicyclic amines) is 1. The number of carbonyl (C=O) groups is 2. The highest BCUT2D eigenvalue weighted by atomic mass is 32.1. The first-order chi connectivity index (χ1) is 12.6. The Morgan fingerprint density at radius 1 is 1.23 bits per heavy atom. The molecule has 6 nitrogen and oxygen atoms in total. The van der Waals surface area contributed by atoms with Crippen LogP contribution >= 0.6 is 11.7 Å². The average molecular weight is 372 g/mol. The van der Waals surface area contributed by atoms with E-state index in [1.807, 2.05) is 42.3 Å². The lowest BCUT2D eigenvalue weighted by Crippen LogP contribution is -2.39. The van der Waals surface area contributed by atoms with Gasteiger partial charge in [0.25, 0.3) is 5.91 Å². The molecule has 0 radical (unpaired) electrons. The van der Waals surface area contributed by atoms with Crippen LogP contribution in [0.25, 0.3) is 0 Å². The third kappa shape index (κ3) is 4.88. The van der Waals surface area contributed by atoms with Crippen molar-refractivity contribution in [3.8, 4) is 0 Å². The molecule has 1 fully saturated rings. The summed E-state index contributed by atoms with van der Waals surface area (Å²) in [4.78, 5) is 28.3. The first kappa shape index (κ1) is 18.5. The molecule has 2 heterocycles. The largest absolute Gasteiger partial charge is 0.341 e. The lowest BCUT2D eigenvalue weighted by atomic mass is 9.92. The number of piperidine rings is 1. The van der Waals surface area contributed by atoms with Gasteiger partial charge in [0, 0.05) is 33.1 Å². The predicted octanol–water partition coefficient (Wildman–Crippen LogP) is 2.83. The fourth-order valence-corrected chi connectivity index (χ4v) is 3.72. The van der Waals surface area contributed by atoms with Crippen molar-refractivity contribution < 1.29 is 9.59 Å². The second kappa shape index (κ2) is 8.89. The molecule has 2 aromatic rings. The summed E-state index contributed by atoms with van der Waals surface area (Å²) in [5.41, 5.74) is 1.58. The average Bonchev–Trinajstić information content (AvgIpc) is 3.21. The third-order valence-electron chi connectivity index (χ3n) is 4.94.